The van der Waals surface area contributed by atoms with E-state index >= 15 is 0 Å². The van der Waals surface area contributed by atoms with Crippen LogP contribution >= 0.6 is 0 Å². The number of aryl methyl sites for hydroxylation is 2. The van der Waals surface area contributed by atoms with Gasteiger partial charge in [-0.3, -0.25) is 0 Å². The second-order valence-electron chi connectivity index (χ2n) is 4.16. The van der Waals surface area contributed by atoms with Crippen LogP contribution in [0.15, 0.2) is 58.3 Å². The van der Waals surface area contributed by atoms with Crippen molar-refractivity contribution >= 4 is 11.8 Å². The summed E-state index contributed by atoms with van der Waals surface area (Å²) in [5.74, 6) is 0. The van der Waals surface area contributed by atoms with Crippen molar-refractivity contribution in [2.24, 2.45) is 0 Å². The molecule has 0 fully saturated rings. The zero-order valence-electron chi connectivity index (χ0n) is 12.5. The van der Waals surface area contributed by atoms with Crippen LogP contribution in [0, 0.1) is 0 Å². The van der Waals surface area contributed by atoms with Crippen molar-refractivity contribution in [3.63, 3.8) is 0 Å². The molecule has 0 saturated carbocycles. The molecule has 19 heavy (non-hydrogen) atoms. The highest BCUT2D eigenvalue weighted by molar-refractivity contribution is 7.78. The molecule has 0 unspecified atom stereocenters. The van der Waals surface area contributed by atoms with Crippen LogP contribution < -0.4 is 0 Å². The number of rotatable bonds is 4. The molecule has 0 nitrogen and oxygen atoms in total. The second kappa shape index (κ2) is 8.82. The van der Waals surface area contributed by atoms with Crippen molar-refractivity contribution < 1.29 is 0 Å². The van der Waals surface area contributed by atoms with Gasteiger partial charge in [-0.1, -0.05) is 52.0 Å². The highest BCUT2D eigenvalue weighted by Gasteiger charge is 2.07. The molecule has 2 aromatic carbocycles. The van der Waals surface area contributed by atoms with Crippen molar-refractivity contribution in [2.45, 2.75) is 50.3 Å². The number of thiol groups is 1. The van der Waals surface area contributed by atoms with Crippen LogP contribution in [-0.2, 0) is 24.6 Å². The van der Waals surface area contributed by atoms with Gasteiger partial charge >= 0.3 is 0 Å². The first-order chi connectivity index (χ1) is 9.31. The summed E-state index contributed by atoms with van der Waals surface area (Å²) in [6, 6.07) is 17.7. The van der Waals surface area contributed by atoms with E-state index in [2.05, 4.69) is 62.4 Å². The van der Waals surface area contributed by atoms with Crippen LogP contribution in [-0.4, -0.2) is 0 Å². The molecule has 0 saturated heterocycles. The highest BCUT2D eigenvalue weighted by atomic mass is 32.2. The maximum atomic E-state index is 2.31. The van der Waals surface area contributed by atoms with Gasteiger partial charge in [0.1, 0.15) is 0 Å². The van der Waals surface area contributed by atoms with Gasteiger partial charge in [-0.15, -0.1) is 0 Å². The Bertz CT molecular complexity index is 443. The Kier molecular flexibility index (Phi) is 7.35. The SMILES string of the molecule is CC.CCc1cccc([SH+]c2cccc(CC)c2)c1. The van der Waals surface area contributed by atoms with E-state index in [1.54, 1.807) is 0 Å². The van der Waals surface area contributed by atoms with Crippen LogP contribution in [0.25, 0.3) is 0 Å². The number of hydrogen-bond acceptors (Lipinski definition) is 0. The Balaban J connectivity index is 0.000000861. The molecule has 0 radical (unpaired) electrons. The minimum atomic E-state index is 1.11. The lowest BCUT2D eigenvalue weighted by Crippen LogP contribution is -1.89. The summed E-state index contributed by atoms with van der Waals surface area (Å²) in [4.78, 5) is 2.77. The Hall–Kier alpha value is -1.21. The predicted molar refractivity (Wildman–Crippen MR) is 88.3 cm³/mol. The molecule has 0 atom stereocenters. The van der Waals surface area contributed by atoms with Gasteiger partial charge in [0.15, 0.2) is 9.79 Å². The molecule has 0 aliphatic carbocycles. The van der Waals surface area contributed by atoms with E-state index in [-0.39, 0.29) is 0 Å². The van der Waals surface area contributed by atoms with E-state index < -0.39 is 0 Å². The predicted octanol–water partition coefficient (Wildman–Crippen LogP) is 5.07. The zero-order valence-corrected chi connectivity index (χ0v) is 13.4. The molecule has 0 aliphatic heterocycles. The first-order valence-corrected chi connectivity index (χ1v) is 8.11. The molecule has 0 heterocycles. The maximum absolute atomic E-state index is 2.31. The van der Waals surface area contributed by atoms with E-state index in [0.29, 0.717) is 0 Å². The quantitative estimate of drug-likeness (QED) is 0.539. The summed E-state index contributed by atoms with van der Waals surface area (Å²) in [7, 11) is 0. The van der Waals surface area contributed by atoms with Crippen molar-refractivity contribution in [3.05, 3.63) is 59.7 Å². The van der Waals surface area contributed by atoms with Crippen LogP contribution in [0.2, 0.25) is 0 Å². The summed E-state index contributed by atoms with van der Waals surface area (Å²) in [6.07, 6.45) is 2.22. The average Bonchev–Trinajstić information content (AvgIpc) is 2.49. The topological polar surface area (TPSA) is 0 Å². The van der Waals surface area contributed by atoms with Gasteiger partial charge in [-0.25, -0.2) is 0 Å². The van der Waals surface area contributed by atoms with Crippen molar-refractivity contribution in [3.8, 4) is 0 Å². The lowest BCUT2D eigenvalue weighted by Gasteiger charge is -1.98. The average molecular weight is 273 g/mol. The third-order valence-corrected chi connectivity index (χ3v) is 3.97. The summed E-state index contributed by atoms with van der Waals surface area (Å²) in [5.41, 5.74) is 2.84. The van der Waals surface area contributed by atoms with Gasteiger partial charge in [0.05, 0.1) is 0 Å². The molecule has 102 valence electrons. The highest BCUT2D eigenvalue weighted by Crippen LogP contribution is 2.16. The molecule has 0 aliphatic rings. The Labute approximate surface area is 122 Å². The molecule has 0 bridgehead atoms. The van der Waals surface area contributed by atoms with E-state index in [0.717, 1.165) is 12.8 Å². The zero-order chi connectivity index (χ0) is 14.1. The van der Waals surface area contributed by atoms with Crippen molar-refractivity contribution in [2.75, 3.05) is 0 Å². The van der Waals surface area contributed by atoms with Gasteiger partial charge in [0.25, 0.3) is 0 Å². The fourth-order valence-corrected chi connectivity index (χ4v) is 2.92. The van der Waals surface area contributed by atoms with Crippen LogP contribution in [0.3, 0.4) is 0 Å². The molecule has 0 N–H and O–H groups in total. The molecular weight excluding hydrogens is 248 g/mol. The van der Waals surface area contributed by atoms with Crippen LogP contribution in [0.4, 0.5) is 0 Å². The fourth-order valence-electron chi connectivity index (χ4n) is 1.84. The Morgan fingerprint density at radius 2 is 1.16 bits per heavy atom. The standard InChI is InChI=1S/C16H18S.C2H6/c1-3-13-7-5-9-15(11-13)17-16-10-6-8-14(4-2)12-16;1-2/h5-12H,3-4H2,1-2H3;1-2H3/p+1. The fraction of sp³-hybridized carbons (Fsp3) is 0.333. The summed E-state index contributed by atoms with van der Waals surface area (Å²) in [6.45, 7) is 8.40. The van der Waals surface area contributed by atoms with E-state index in [1.165, 1.54) is 32.7 Å². The first kappa shape index (κ1) is 15.8. The minimum absolute atomic E-state index is 1.11. The second-order valence-corrected chi connectivity index (χ2v) is 5.42. The van der Waals surface area contributed by atoms with Crippen LogP contribution in [0.1, 0.15) is 38.8 Å². The molecule has 0 spiro atoms. The molecular formula is C18H25S+. The van der Waals surface area contributed by atoms with Gasteiger partial charge < -0.3 is 0 Å². The molecule has 0 aromatic heterocycles. The summed E-state index contributed by atoms with van der Waals surface area (Å²) < 4.78 is 0. The Morgan fingerprint density at radius 1 is 0.737 bits per heavy atom. The maximum Gasteiger partial charge on any atom is 0.158 e. The molecule has 1 heteroatoms. The summed E-state index contributed by atoms with van der Waals surface area (Å²) in [5, 5.41) is 0. The lowest BCUT2D eigenvalue weighted by molar-refractivity contribution is 1.12. The Morgan fingerprint density at radius 3 is 1.53 bits per heavy atom. The first-order valence-electron chi connectivity index (χ1n) is 7.21. The van der Waals surface area contributed by atoms with Gasteiger partial charge in [-0.05, 0) is 48.2 Å². The number of hydrogen-bond donors (Lipinski definition) is 0. The van der Waals surface area contributed by atoms with E-state index in [1.807, 2.05) is 13.8 Å². The monoisotopic (exact) mass is 273 g/mol. The largest absolute Gasteiger partial charge is 0.158 e. The molecule has 0 amide bonds. The lowest BCUT2D eigenvalue weighted by atomic mass is 10.2. The van der Waals surface area contributed by atoms with Gasteiger partial charge in [-0.2, -0.15) is 0 Å². The van der Waals surface area contributed by atoms with E-state index in [9.17, 15) is 0 Å². The smallest absolute Gasteiger partial charge is 0.0683 e. The van der Waals surface area contributed by atoms with Crippen LogP contribution in [0.5, 0.6) is 0 Å². The van der Waals surface area contributed by atoms with Gasteiger partial charge in [0.2, 0.25) is 0 Å². The number of benzene rings is 2. The van der Waals surface area contributed by atoms with Crippen molar-refractivity contribution in [1.29, 1.82) is 0 Å². The summed E-state index contributed by atoms with van der Waals surface area (Å²) >= 11 is 1.31. The normalized spacial score (nSPS) is 9.68. The molecule has 2 rings (SSSR count). The van der Waals surface area contributed by atoms with Crippen molar-refractivity contribution in [1.82, 2.24) is 0 Å². The third-order valence-electron chi connectivity index (χ3n) is 2.90. The third kappa shape index (κ3) is 5.12. The minimum Gasteiger partial charge on any atom is -0.0683 e. The van der Waals surface area contributed by atoms with Gasteiger partial charge in [0, 0.05) is 11.8 Å². The van der Waals surface area contributed by atoms with E-state index in [4.69, 9.17) is 0 Å². The molecule has 2 aromatic rings.